The second-order valence-electron chi connectivity index (χ2n) is 8.86. The van der Waals surface area contributed by atoms with Crippen molar-refractivity contribution < 1.29 is 4.42 Å². The predicted octanol–water partition coefficient (Wildman–Crippen LogP) is 9.54. The third-order valence-corrected chi connectivity index (χ3v) is 6.88. The second kappa shape index (κ2) is 8.00. The summed E-state index contributed by atoms with van der Waals surface area (Å²) in [4.78, 5) is 0. The molecule has 0 amide bonds. The van der Waals surface area contributed by atoms with Crippen LogP contribution in [0.2, 0.25) is 0 Å². The maximum atomic E-state index is 6.37. The van der Waals surface area contributed by atoms with Gasteiger partial charge >= 0.3 is 0 Å². The molecule has 0 saturated carbocycles. The van der Waals surface area contributed by atoms with Crippen molar-refractivity contribution in [1.82, 2.24) is 0 Å². The van der Waals surface area contributed by atoms with E-state index in [9.17, 15) is 0 Å². The first-order chi connectivity index (χ1) is 17.4. The summed E-state index contributed by atoms with van der Waals surface area (Å²) in [6, 6.07) is 44.9. The van der Waals surface area contributed by atoms with E-state index in [1.54, 1.807) is 0 Å². The van der Waals surface area contributed by atoms with Crippen LogP contribution in [-0.4, -0.2) is 0 Å². The highest BCUT2D eigenvalue weighted by Crippen LogP contribution is 2.46. The topological polar surface area (TPSA) is 13.1 Å². The van der Waals surface area contributed by atoms with Gasteiger partial charge in [-0.2, -0.15) is 0 Å². The summed E-state index contributed by atoms with van der Waals surface area (Å²) in [5.41, 5.74) is 5.42. The van der Waals surface area contributed by atoms with Gasteiger partial charge in [0.2, 0.25) is 0 Å². The number of rotatable bonds is 3. The van der Waals surface area contributed by atoms with Crippen LogP contribution in [-0.2, 0) is 0 Å². The van der Waals surface area contributed by atoms with Crippen molar-refractivity contribution in [2.24, 2.45) is 0 Å². The molecular formula is C34H21O. The zero-order valence-corrected chi connectivity index (χ0v) is 19.0. The molecule has 0 aliphatic rings. The summed E-state index contributed by atoms with van der Waals surface area (Å²) in [7, 11) is 0. The van der Waals surface area contributed by atoms with E-state index >= 15 is 0 Å². The fourth-order valence-electron chi connectivity index (χ4n) is 5.26. The fraction of sp³-hybridized carbons (Fsp3) is 0. The molecule has 1 nitrogen and oxygen atoms in total. The molecule has 7 aromatic rings. The van der Waals surface area contributed by atoms with Crippen molar-refractivity contribution in [2.45, 2.75) is 0 Å². The number of furan rings is 1. The summed E-state index contributed by atoms with van der Waals surface area (Å²) in [5, 5.41) is 7.17. The van der Waals surface area contributed by atoms with Crippen LogP contribution in [0.4, 0.5) is 0 Å². The molecule has 0 spiro atoms. The van der Waals surface area contributed by atoms with Crippen molar-refractivity contribution in [1.29, 1.82) is 0 Å². The van der Waals surface area contributed by atoms with Gasteiger partial charge < -0.3 is 4.42 Å². The molecule has 0 N–H and O–H groups in total. The first-order valence-corrected chi connectivity index (χ1v) is 11.9. The Balaban J connectivity index is 1.61. The Labute approximate surface area is 203 Å². The summed E-state index contributed by atoms with van der Waals surface area (Å²) in [6.07, 6.45) is 3.33. The zero-order chi connectivity index (χ0) is 23.2. The first kappa shape index (κ1) is 19.8. The standard InChI is InChI=1S/C34H21O/c1-4-16-26-23(10-1)13-7-19-29(26)32-22-35-34(31-21-9-15-25-12-3-6-18-28(25)31)33(32)30-20-8-14-24-11-2-5-17-27(24)30/h1-21H. The molecular weight excluding hydrogens is 424 g/mol. The molecule has 163 valence electrons. The molecule has 35 heavy (non-hydrogen) atoms. The van der Waals surface area contributed by atoms with E-state index in [0.29, 0.717) is 0 Å². The van der Waals surface area contributed by atoms with Gasteiger partial charge in [-0.05, 0) is 43.4 Å². The van der Waals surface area contributed by atoms with Crippen molar-refractivity contribution in [3.63, 3.8) is 0 Å². The Bertz CT molecular complexity index is 1740. The van der Waals surface area contributed by atoms with E-state index in [4.69, 9.17) is 4.42 Å². The van der Waals surface area contributed by atoms with Crippen molar-refractivity contribution >= 4 is 32.3 Å². The molecule has 1 aromatic heterocycles. The van der Waals surface area contributed by atoms with Crippen molar-refractivity contribution in [3.8, 4) is 33.6 Å². The van der Waals surface area contributed by atoms with Gasteiger partial charge in [0.05, 0.1) is 0 Å². The van der Waals surface area contributed by atoms with Gasteiger partial charge in [-0.25, -0.2) is 0 Å². The Morgan fingerprint density at radius 3 is 1.43 bits per heavy atom. The molecule has 0 aliphatic heterocycles. The number of fused-ring (bicyclic) bond motifs is 3. The largest absolute Gasteiger partial charge is 0.451 e. The number of benzene rings is 6. The monoisotopic (exact) mass is 445 g/mol. The lowest BCUT2D eigenvalue weighted by atomic mass is 9.88. The van der Waals surface area contributed by atoms with Gasteiger partial charge in [-0.15, -0.1) is 0 Å². The van der Waals surface area contributed by atoms with Crippen LogP contribution in [0.25, 0.3) is 65.9 Å². The molecule has 0 atom stereocenters. The van der Waals surface area contributed by atoms with E-state index in [-0.39, 0.29) is 0 Å². The van der Waals surface area contributed by atoms with Gasteiger partial charge in [0.25, 0.3) is 0 Å². The fourth-order valence-corrected chi connectivity index (χ4v) is 5.26. The zero-order valence-electron chi connectivity index (χ0n) is 19.0. The Morgan fingerprint density at radius 1 is 0.400 bits per heavy atom. The lowest BCUT2D eigenvalue weighted by Gasteiger charge is -2.13. The highest BCUT2D eigenvalue weighted by molar-refractivity contribution is 6.10. The van der Waals surface area contributed by atoms with Crippen LogP contribution in [0.5, 0.6) is 0 Å². The first-order valence-electron chi connectivity index (χ1n) is 11.9. The van der Waals surface area contributed by atoms with E-state index in [1.807, 2.05) is 0 Å². The Hall–Kier alpha value is -4.62. The van der Waals surface area contributed by atoms with Gasteiger partial charge in [0, 0.05) is 16.7 Å². The van der Waals surface area contributed by atoms with E-state index in [0.717, 1.165) is 33.6 Å². The van der Waals surface area contributed by atoms with Crippen LogP contribution in [0.15, 0.2) is 132 Å². The highest BCUT2D eigenvalue weighted by atomic mass is 16.3. The average molecular weight is 446 g/mol. The van der Waals surface area contributed by atoms with Gasteiger partial charge in [-0.1, -0.05) is 127 Å². The molecule has 0 bridgehead atoms. The minimum absolute atomic E-state index is 0.848. The maximum absolute atomic E-state index is 6.37. The Kier molecular flexibility index (Phi) is 4.53. The minimum Gasteiger partial charge on any atom is -0.451 e. The molecule has 0 aliphatic carbocycles. The highest BCUT2D eigenvalue weighted by Gasteiger charge is 2.23. The van der Waals surface area contributed by atoms with Crippen LogP contribution < -0.4 is 0 Å². The molecule has 1 radical (unpaired) electrons. The predicted molar refractivity (Wildman–Crippen MR) is 146 cm³/mol. The molecule has 1 heteroatoms. The maximum Gasteiger partial charge on any atom is 0.179 e. The summed E-state index contributed by atoms with van der Waals surface area (Å²) in [6.45, 7) is 0. The molecule has 6 aromatic carbocycles. The third kappa shape index (κ3) is 3.17. The van der Waals surface area contributed by atoms with Gasteiger partial charge in [0.15, 0.2) is 6.26 Å². The van der Waals surface area contributed by atoms with Crippen LogP contribution in [0.3, 0.4) is 0 Å². The molecule has 0 fully saturated rings. The van der Waals surface area contributed by atoms with Gasteiger partial charge in [-0.3, -0.25) is 0 Å². The van der Waals surface area contributed by atoms with Crippen LogP contribution in [0, 0.1) is 6.26 Å². The van der Waals surface area contributed by atoms with Crippen LogP contribution in [0.1, 0.15) is 0 Å². The Morgan fingerprint density at radius 2 is 0.829 bits per heavy atom. The van der Waals surface area contributed by atoms with Crippen LogP contribution >= 0.6 is 0 Å². The quantitative estimate of drug-likeness (QED) is 0.264. The number of hydrogen-bond donors (Lipinski definition) is 0. The van der Waals surface area contributed by atoms with Gasteiger partial charge in [0.1, 0.15) is 5.76 Å². The SMILES string of the molecule is [c]1oc(-c2cccc3ccccc23)c(-c2cccc3ccccc23)c1-c1cccc2ccccc12. The van der Waals surface area contributed by atoms with E-state index in [2.05, 4.69) is 134 Å². The summed E-state index contributed by atoms with van der Waals surface area (Å²) in [5.74, 6) is 0.848. The van der Waals surface area contributed by atoms with E-state index in [1.165, 1.54) is 32.3 Å². The minimum atomic E-state index is 0.848. The van der Waals surface area contributed by atoms with Crippen molar-refractivity contribution in [2.75, 3.05) is 0 Å². The lowest BCUT2D eigenvalue weighted by molar-refractivity contribution is 0.575. The smallest absolute Gasteiger partial charge is 0.179 e. The molecule has 0 saturated heterocycles. The number of hydrogen-bond acceptors (Lipinski definition) is 1. The molecule has 0 unspecified atom stereocenters. The summed E-state index contributed by atoms with van der Waals surface area (Å²) < 4.78 is 6.37. The average Bonchev–Trinajstić information content (AvgIpc) is 3.36. The second-order valence-corrected chi connectivity index (χ2v) is 8.86. The normalized spacial score (nSPS) is 11.4. The lowest BCUT2D eigenvalue weighted by Crippen LogP contribution is -1.88. The molecule has 7 rings (SSSR count). The van der Waals surface area contributed by atoms with Crippen molar-refractivity contribution in [3.05, 3.63) is 134 Å². The van der Waals surface area contributed by atoms with E-state index < -0.39 is 0 Å². The third-order valence-electron chi connectivity index (χ3n) is 6.88. The summed E-state index contributed by atoms with van der Waals surface area (Å²) >= 11 is 0. The molecule has 1 heterocycles.